The van der Waals surface area contributed by atoms with E-state index in [4.69, 9.17) is 15.6 Å². The van der Waals surface area contributed by atoms with Gasteiger partial charge in [-0.15, -0.1) is 5.54 Å². The first-order chi connectivity index (χ1) is 13.4. The lowest BCUT2D eigenvalue weighted by molar-refractivity contribution is -0.116. The van der Waals surface area contributed by atoms with Crippen LogP contribution in [0.25, 0.3) is 5.32 Å². The Kier molecular flexibility index (Phi) is 6.99. The third-order valence-corrected chi connectivity index (χ3v) is 4.11. The molecule has 1 amide bonds. The summed E-state index contributed by atoms with van der Waals surface area (Å²) >= 11 is 0. The van der Waals surface area contributed by atoms with Crippen LogP contribution in [0.5, 0.6) is 5.88 Å². The van der Waals surface area contributed by atoms with Crippen LogP contribution in [0, 0.1) is 5.92 Å². The van der Waals surface area contributed by atoms with Crippen molar-refractivity contribution in [3.8, 4) is 5.88 Å². The number of nitrogens with two attached hydrogens (primary N) is 1. The minimum absolute atomic E-state index is 0.128. The predicted octanol–water partition coefficient (Wildman–Crippen LogP) is 2.67. The largest absolute Gasteiger partial charge is 0.650 e. The highest BCUT2D eigenvalue weighted by Crippen LogP contribution is 2.37. The van der Waals surface area contributed by atoms with Crippen molar-refractivity contribution >= 4 is 17.6 Å². The van der Waals surface area contributed by atoms with Gasteiger partial charge >= 0.3 is 5.97 Å². The number of carbonyl (C=O) groups is 2. The van der Waals surface area contributed by atoms with Crippen LogP contribution < -0.4 is 15.4 Å². The molecule has 3 rings (SSSR count). The zero-order chi connectivity index (χ0) is 21.8. The lowest BCUT2D eigenvalue weighted by Crippen LogP contribution is -2.56. The molecule has 0 radical (unpaired) electrons. The van der Waals surface area contributed by atoms with Gasteiger partial charge in [0.15, 0.2) is 11.6 Å². The van der Waals surface area contributed by atoms with Crippen molar-refractivity contribution in [1.29, 1.82) is 0 Å². The number of primary amides is 1. The Hall–Kier alpha value is -2.49. The van der Waals surface area contributed by atoms with Gasteiger partial charge in [0.1, 0.15) is 5.69 Å². The molecule has 0 atom stereocenters. The van der Waals surface area contributed by atoms with Crippen LogP contribution in [-0.2, 0) is 4.79 Å². The average molecular weight is 413 g/mol. The van der Waals surface area contributed by atoms with Crippen molar-refractivity contribution in [2.75, 3.05) is 31.1 Å². The van der Waals surface area contributed by atoms with Gasteiger partial charge in [0.25, 0.3) is 5.92 Å². The lowest BCUT2D eigenvalue weighted by Gasteiger charge is -2.40. The molecule has 29 heavy (non-hydrogen) atoms. The summed E-state index contributed by atoms with van der Waals surface area (Å²) in [5.41, 5.74) is 5.01. The standard InChI is InChI=1S/C13H14F2N2O3.C6H13N2O/c14-13(15)6-17(7-13)10-4-3-9(12(18)19)16-11(10)20-5-8-1-2-8;1-6(2,3)8-4-5(7)9/h3-4,8H,1-2,5-7H2,(H,18,19);4H2,1-3H3,(H2,7,9)/q;-1. The summed E-state index contributed by atoms with van der Waals surface area (Å²) < 4.78 is 31.4. The molecule has 1 aliphatic carbocycles. The molecule has 0 bridgehead atoms. The summed E-state index contributed by atoms with van der Waals surface area (Å²) in [6, 6.07) is 2.78. The molecule has 162 valence electrons. The van der Waals surface area contributed by atoms with E-state index in [1.165, 1.54) is 17.0 Å². The molecule has 1 aromatic rings. The number of halogens is 2. The number of anilines is 1. The van der Waals surface area contributed by atoms with E-state index < -0.39 is 11.9 Å². The Morgan fingerprint density at radius 2 is 1.97 bits per heavy atom. The SMILES string of the molecule is CC(C)(C)[N-]CC(N)=O.O=C(O)c1ccc(N2CC(F)(F)C2)c(OCC2CC2)n1. The van der Waals surface area contributed by atoms with E-state index in [1.807, 2.05) is 20.8 Å². The molecular formula is C19H27F2N4O4-. The number of carbonyl (C=O) groups excluding carboxylic acids is 1. The maximum Gasteiger partial charge on any atom is 0.354 e. The zero-order valence-corrected chi connectivity index (χ0v) is 16.8. The van der Waals surface area contributed by atoms with Gasteiger partial charge in [-0.1, -0.05) is 27.3 Å². The molecule has 0 unspecified atom stereocenters. The molecule has 0 aromatic carbocycles. The third-order valence-electron chi connectivity index (χ3n) is 4.11. The summed E-state index contributed by atoms with van der Waals surface area (Å²) in [6.07, 6.45) is 2.16. The molecule has 1 saturated heterocycles. The summed E-state index contributed by atoms with van der Waals surface area (Å²) in [4.78, 5) is 26.5. The van der Waals surface area contributed by atoms with E-state index >= 15 is 0 Å². The Morgan fingerprint density at radius 3 is 2.38 bits per heavy atom. The molecule has 2 fully saturated rings. The van der Waals surface area contributed by atoms with E-state index in [-0.39, 0.29) is 42.7 Å². The second-order valence-corrected chi connectivity index (χ2v) is 8.25. The van der Waals surface area contributed by atoms with Crippen LogP contribution in [0.15, 0.2) is 12.1 Å². The molecule has 2 heterocycles. The molecule has 2 aliphatic rings. The fraction of sp³-hybridized carbons (Fsp3) is 0.632. The maximum absolute atomic E-state index is 12.9. The first kappa shape index (κ1) is 22.8. The number of aromatic carboxylic acids is 1. The topological polar surface area (TPSA) is 120 Å². The Morgan fingerprint density at radius 1 is 1.34 bits per heavy atom. The molecule has 8 nitrogen and oxygen atoms in total. The molecule has 10 heteroatoms. The number of nitrogens with zero attached hydrogens (tertiary/aromatic N) is 3. The van der Waals surface area contributed by atoms with Crippen LogP contribution in [0.1, 0.15) is 44.1 Å². The molecule has 1 aliphatic heterocycles. The summed E-state index contributed by atoms with van der Waals surface area (Å²) in [7, 11) is 0. The van der Waals surface area contributed by atoms with Gasteiger partial charge in [-0.3, -0.25) is 4.79 Å². The van der Waals surface area contributed by atoms with Crippen molar-refractivity contribution in [2.24, 2.45) is 11.7 Å². The Balaban J connectivity index is 0.000000284. The molecule has 1 saturated carbocycles. The number of hydrogen-bond donors (Lipinski definition) is 2. The van der Waals surface area contributed by atoms with Gasteiger partial charge in [0, 0.05) is 0 Å². The van der Waals surface area contributed by atoms with Crippen LogP contribution in [0.4, 0.5) is 14.5 Å². The lowest BCUT2D eigenvalue weighted by atomic mass is 10.1. The average Bonchev–Trinajstić information content (AvgIpc) is 3.40. The van der Waals surface area contributed by atoms with E-state index in [0.717, 1.165) is 12.8 Å². The zero-order valence-electron chi connectivity index (χ0n) is 16.8. The van der Waals surface area contributed by atoms with E-state index in [0.29, 0.717) is 18.2 Å². The molecular weight excluding hydrogens is 386 g/mol. The number of alkyl halides is 2. The van der Waals surface area contributed by atoms with Crippen molar-refractivity contribution in [3.63, 3.8) is 0 Å². The Labute approximate surface area is 168 Å². The molecule has 3 N–H and O–H groups in total. The summed E-state index contributed by atoms with van der Waals surface area (Å²) in [5.74, 6) is -3.63. The quantitative estimate of drug-likeness (QED) is 0.709. The van der Waals surface area contributed by atoms with E-state index in [9.17, 15) is 18.4 Å². The number of amides is 1. The highest BCUT2D eigenvalue weighted by Gasteiger charge is 2.45. The number of aromatic nitrogens is 1. The summed E-state index contributed by atoms with van der Waals surface area (Å²) in [5, 5.41) is 12.9. The fourth-order valence-electron chi connectivity index (χ4n) is 2.38. The molecule has 1 aromatic heterocycles. The monoisotopic (exact) mass is 413 g/mol. The number of hydrogen-bond acceptors (Lipinski definition) is 5. The number of carboxylic acid groups (broad SMARTS) is 1. The first-order valence-electron chi connectivity index (χ1n) is 9.33. The van der Waals surface area contributed by atoms with E-state index in [1.54, 1.807) is 0 Å². The Bertz CT molecular complexity index is 740. The van der Waals surface area contributed by atoms with Crippen LogP contribution >= 0.6 is 0 Å². The van der Waals surface area contributed by atoms with Gasteiger partial charge in [-0.05, 0) is 30.9 Å². The highest BCUT2D eigenvalue weighted by atomic mass is 19.3. The van der Waals surface area contributed by atoms with Gasteiger partial charge in [0.05, 0.1) is 19.7 Å². The second kappa shape index (κ2) is 8.89. The smallest absolute Gasteiger partial charge is 0.354 e. The number of carboxylic acids is 1. The molecule has 0 spiro atoms. The maximum atomic E-state index is 12.9. The van der Waals surface area contributed by atoms with Gasteiger partial charge in [0.2, 0.25) is 5.88 Å². The predicted molar refractivity (Wildman–Crippen MR) is 104 cm³/mol. The third kappa shape index (κ3) is 7.80. The van der Waals surface area contributed by atoms with Crippen molar-refractivity contribution in [1.82, 2.24) is 4.98 Å². The van der Waals surface area contributed by atoms with Crippen molar-refractivity contribution in [3.05, 3.63) is 23.1 Å². The fourth-order valence-corrected chi connectivity index (χ4v) is 2.38. The van der Waals surface area contributed by atoms with Gasteiger partial charge in [-0.25, -0.2) is 18.6 Å². The highest BCUT2D eigenvalue weighted by molar-refractivity contribution is 5.86. The summed E-state index contributed by atoms with van der Waals surface area (Å²) in [6.45, 7) is 5.58. The normalized spacial score (nSPS) is 17.6. The van der Waals surface area contributed by atoms with E-state index in [2.05, 4.69) is 10.3 Å². The number of rotatable bonds is 7. The second-order valence-electron chi connectivity index (χ2n) is 8.25. The van der Waals surface area contributed by atoms with Gasteiger partial charge < -0.3 is 25.8 Å². The number of pyridine rings is 1. The van der Waals surface area contributed by atoms with Crippen LogP contribution in [0.3, 0.4) is 0 Å². The first-order valence-corrected chi connectivity index (χ1v) is 9.33. The van der Waals surface area contributed by atoms with Crippen LogP contribution in [-0.4, -0.2) is 59.7 Å². The van der Waals surface area contributed by atoms with Crippen molar-refractivity contribution in [2.45, 2.75) is 45.1 Å². The minimum Gasteiger partial charge on any atom is -0.650 e. The minimum atomic E-state index is -2.70. The van der Waals surface area contributed by atoms with Gasteiger partial charge in [-0.2, -0.15) is 0 Å². The van der Waals surface area contributed by atoms with Crippen molar-refractivity contribution < 1.29 is 28.2 Å². The number of ether oxygens (including phenoxy) is 1. The van der Waals surface area contributed by atoms with Crippen LogP contribution in [0.2, 0.25) is 0 Å².